The molecule has 3 aromatic rings. The van der Waals surface area contributed by atoms with Crippen LogP contribution >= 0.6 is 0 Å². The van der Waals surface area contributed by atoms with Crippen molar-refractivity contribution in [2.24, 2.45) is 0 Å². The Morgan fingerprint density at radius 1 is 0.972 bits per heavy atom. The SMILES string of the molecule is COc1ccc(C(C(=O)NC2CCCCC2)N(C(=O)c2ccccn2)c2ccc(C)cc2)c(OC)c1. The second kappa shape index (κ2) is 11.7. The van der Waals surface area contributed by atoms with Crippen molar-refractivity contribution in [2.45, 2.75) is 51.1 Å². The summed E-state index contributed by atoms with van der Waals surface area (Å²) < 4.78 is 11.1. The fourth-order valence-corrected chi connectivity index (χ4v) is 4.67. The summed E-state index contributed by atoms with van der Waals surface area (Å²) in [5.41, 5.74) is 2.46. The van der Waals surface area contributed by atoms with Crippen LogP contribution in [0.4, 0.5) is 5.69 Å². The summed E-state index contributed by atoms with van der Waals surface area (Å²) in [6.07, 6.45) is 6.77. The average Bonchev–Trinajstić information content (AvgIpc) is 2.92. The number of pyridine rings is 1. The molecule has 0 saturated heterocycles. The molecule has 2 amide bonds. The van der Waals surface area contributed by atoms with E-state index in [4.69, 9.17) is 9.47 Å². The summed E-state index contributed by atoms with van der Waals surface area (Å²) in [6, 6.07) is 17.1. The van der Waals surface area contributed by atoms with E-state index in [0.717, 1.165) is 31.2 Å². The smallest absolute Gasteiger partial charge is 0.277 e. The van der Waals surface area contributed by atoms with Crippen LogP contribution in [-0.4, -0.2) is 37.1 Å². The summed E-state index contributed by atoms with van der Waals surface area (Å²) in [5, 5.41) is 3.23. The van der Waals surface area contributed by atoms with Gasteiger partial charge in [0.15, 0.2) is 0 Å². The molecule has 0 bridgehead atoms. The summed E-state index contributed by atoms with van der Waals surface area (Å²) in [7, 11) is 3.12. The highest BCUT2D eigenvalue weighted by Crippen LogP contribution is 2.37. The number of ether oxygens (including phenoxy) is 2. The molecule has 1 N–H and O–H groups in total. The molecule has 1 heterocycles. The number of rotatable bonds is 8. The molecule has 1 aliphatic carbocycles. The van der Waals surface area contributed by atoms with Crippen molar-refractivity contribution in [2.75, 3.05) is 19.1 Å². The molecule has 0 radical (unpaired) electrons. The number of aryl methyl sites for hydroxylation is 1. The summed E-state index contributed by atoms with van der Waals surface area (Å²) in [5.74, 6) is 0.431. The van der Waals surface area contributed by atoms with Crippen LogP contribution in [0.2, 0.25) is 0 Å². The fourth-order valence-electron chi connectivity index (χ4n) is 4.67. The molecule has 2 aromatic carbocycles. The molecule has 188 valence electrons. The van der Waals surface area contributed by atoms with Gasteiger partial charge < -0.3 is 14.8 Å². The van der Waals surface area contributed by atoms with E-state index in [2.05, 4.69) is 10.3 Å². The Morgan fingerprint density at radius 3 is 2.36 bits per heavy atom. The van der Waals surface area contributed by atoms with Gasteiger partial charge in [0, 0.05) is 29.6 Å². The van der Waals surface area contributed by atoms with Crippen molar-refractivity contribution >= 4 is 17.5 Å². The molecule has 1 atom stereocenters. The van der Waals surface area contributed by atoms with Crippen LogP contribution in [0, 0.1) is 6.92 Å². The van der Waals surface area contributed by atoms with Gasteiger partial charge in [0.1, 0.15) is 23.2 Å². The molecule has 7 nitrogen and oxygen atoms in total. The Hall–Kier alpha value is -3.87. The van der Waals surface area contributed by atoms with Crippen molar-refractivity contribution in [3.63, 3.8) is 0 Å². The highest BCUT2D eigenvalue weighted by molar-refractivity contribution is 6.09. The average molecular weight is 488 g/mol. The maximum absolute atomic E-state index is 14.0. The third kappa shape index (κ3) is 5.67. The number of benzene rings is 2. The Labute approximate surface area is 212 Å². The Balaban J connectivity index is 1.86. The van der Waals surface area contributed by atoms with Gasteiger partial charge in [-0.3, -0.25) is 19.5 Å². The third-order valence-electron chi connectivity index (χ3n) is 6.61. The lowest BCUT2D eigenvalue weighted by Gasteiger charge is -2.34. The molecule has 1 saturated carbocycles. The van der Waals surface area contributed by atoms with E-state index >= 15 is 0 Å². The van der Waals surface area contributed by atoms with Crippen molar-refractivity contribution in [3.05, 3.63) is 83.7 Å². The minimum absolute atomic E-state index is 0.0720. The highest BCUT2D eigenvalue weighted by atomic mass is 16.5. The van der Waals surface area contributed by atoms with Gasteiger partial charge in [-0.1, -0.05) is 43.0 Å². The molecule has 1 aliphatic rings. The monoisotopic (exact) mass is 487 g/mol. The van der Waals surface area contributed by atoms with Gasteiger partial charge in [0.2, 0.25) is 5.91 Å². The topological polar surface area (TPSA) is 80.8 Å². The highest BCUT2D eigenvalue weighted by Gasteiger charge is 2.37. The predicted octanol–water partition coefficient (Wildman–Crippen LogP) is 5.24. The largest absolute Gasteiger partial charge is 0.497 e. The number of hydrogen-bond donors (Lipinski definition) is 1. The first-order valence-corrected chi connectivity index (χ1v) is 12.4. The minimum atomic E-state index is -0.981. The number of aromatic nitrogens is 1. The zero-order valence-corrected chi connectivity index (χ0v) is 21.1. The van der Waals surface area contributed by atoms with Crippen LogP contribution in [-0.2, 0) is 4.79 Å². The Kier molecular flexibility index (Phi) is 8.21. The van der Waals surface area contributed by atoms with Gasteiger partial charge in [-0.05, 0) is 56.2 Å². The first-order valence-electron chi connectivity index (χ1n) is 12.4. The van der Waals surface area contributed by atoms with Gasteiger partial charge >= 0.3 is 0 Å². The molecule has 7 heteroatoms. The first-order chi connectivity index (χ1) is 17.5. The quantitative estimate of drug-likeness (QED) is 0.470. The zero-order chi connectivity index (χ0) is 25.5. The summed E-state index contributed by atoms with van der Waals surface area (Å²) in [4.78, 5) is 33.8. The number of nitrogens with one attached hydrogen (secondary N) is 1. The minimum Gasteiger partial charge on any atom is -0.497 e. The van der Waals surface area contributed by atoms with Crippen LogP contribution in [0.3, 0.4) is 0 Å². The molecular formula is C29H33N3O4. The summed E-state index contributed by atoms with van der Waals surface area (Å²) in [6.45, 7) is 1.98. The number of amides is 2. The van der Waals surface area contributed by atoms with Crippen LogP contribution in [0.25, 0.3) is 0 Å². The van der Waals surface area contributed by atoms with E-state index in [9.17, 15) is 9.59 Å². The number of nitrogens with zero attached hydrogens (tertiary/aromatic N) is 2. The molecule has 1 aromatic heterocycles. The maximum atomic E-state index is 14.0. The molecule has 36 heavy (non-hydrogen) atoms. The molecular weight excluding hydrogens is 454 g/mol. The van der Waals surface area contributed by atoms with E-state index in [1.165, 1.54) is 11.3 Å². The normalized spacial score (nSPS) is 14.5. The number of carbonyl (C=O) groups excluding carboxylic acids is 2. The van der Waals surface area contributed by atoms with Gasteiger partial charge in [-0.2, -0.15) is 0 Å². The van der Waals surface area contributed by atoms with Crippen LogP contribution in [0.5, 0.6) is 11.5 Å². The number of hydrogen-bond acceptors (Lipinski definition) is 5. The second-order valence-corrected chi connectivity index (χ2v) is 9.08. The van der Waals surface area contributed by atoms with Crippen molar-refractivity contribution in [1.29, 1.82) is 0 Å². The Morgan fingerprint density at radius 2 is 1.72 bits per heavy atom. The van der Waals surface area contributed by atoms with Gasteiger partial charge in [-0.15, -0.1) is 0 Å². The van der Waals surface area contributed by atoms with Gasteiger partial charge in [-0.25, -0.2) is 0 Å². The number of carbonyl (C=O) groups is 2. The Bertz CT molecular complexity index is 1170. The molecule has 1 unspecified atom stereocenters. The predicted molar refractivity (Wildman–Crippen MR) is 140 cm³/mol. The lowest BCUT2D eigenvalue weighted by molar-refractivity contribution is -0.123. The van der Waals surface area contributed by atoms with Gasteiger partial charge in [0.05, 0.1) is 14.2 Å². The van der Waals surface area contributed by atoms with Crippen molar-refractivity contribution in [3.8, 4) is 11.5 Å². The van der Waals surface area contributed by atoms with E-state index < -0.39 is 6.04 Å². The van der Waals surface area contributed by atoms with Crippen molar-refractivity contribution < 1.29 is 19.1 Å². The summed E-state index contributed by atoms with van der Waals surface area (Å²) >= 11 is 0. The second-order valence-electron chi connectivity index (χ2n) is 9.08. The molecule has 0 aliphatic heterocycles. The fraction of sp³-hybridized carbons (Fsp3) is 0.345. The molecule has 1 fully saturated rings. The number of methoxy groups -OCH3 is 2. The van der Waals surface area contributed by atoms with Crippen LogP contribution < -0.4 is 19.7 Å². The maximum Gasteiger partial charge on any atom is 0.277 e. The van der Waals surface area contributed by atoms with E-state index in [1.54, 1.807) is 56.8 Å². The van der Waals surface area contributed by atoms with Crippen molar-refractivity contribution in [1.82, 2.24) is 10.3 Å². The van der Waals surface area contributed by atoms with Gasteiger partial charge in [0.25, 0.3) is 5.91 Å². The number of anilines is 1. The zero-order valence-electron chi connectivity index (χ0n) is 21.1. The lowest BCUT2D eigenvalue weighted by Crippen LogP contribution is -2.47. The standard InChI is InChI=1S/C29H33N3O4/c1-20-12-14-22(15-13-20)32(29(34)25-11-7-8-18-30-25)27(28(33)31-21-9-5-4-6-10-21)24-17-16-23(35-2)19-26(24)36-3/h7-8,11-19,21,27H,4-6,9-10H2,1-3H3,(H,31,33). The third-order valence-corrected chi connectivity index (χ3v) is 6.61. The van der Waals surface area contributed by atoms with Crippen LogP contribution in [0.1, 0.15) is 59.8 Å². The lowest BCUT2D eigenvalue weighted by atomic mass is 9.94. The van der Waals surface area contributed by atoms with E-state index in [0.29, 0.717) is 22.7 Å². The van der Waals surface area contributed by atoms with E-state index in [1.807, 2.05) is 31.2 Å². The molecule has 0 spiro atoms. The van der Waals surface area contributed by atoms with E-state index in [-0.39, 0.29) is 23.6 Å². The first kappa shape index (κ1) is 25.2. The molecule has 4 rings (SSSR count). The van der Waals surface area contributed by atoms with Crippen LogP contribution in [0.15, 0.2) is 66.9 Å².